The zero-order chi connectivity index (χ0) is 9.52. The fourth-order valence-electron chi connectivity index (χ4n) is 1.91. The Hall–Kier alpha value is -0.520. The fourth-order valence-corrected chi connectivity index (χ4v) is 1.91. The SMILES string of the molecule is C#CCCNCC1CCCN(C)C1. The lowest BCUT2D eigenvalue weighted by atomic mass is 9.98. The molecule has 1 fully saturated rings. The molecule has 1 N–H and O–H groups in total. The molecule has 0 aromatic carbocycles. The molecule has 1 atom stereocenters. The maximum Gasteiger partial charge on any atom is 0.0211 e. The fraction of sp³-hybridized carbons (Fsp3) is 0.818. The van der Waals surface area contributed by atoms with Gasteiger partial charge in [0.2, 0.25) is 0 Å². The van der Waals surface area contributed by atoms with Crippen molar-refractivity contribution in [3.63, 3.8) is 0 Å². The van der Waals surface area contributed by atoms with Crippen LogP contribution in [-0.4, -0.2) is 38.1 Å². The summed E-state index contributed by atoms with van der Waals surface area (Å²) in [6.07, 6.45) is 8.74. The van der Waals surface area contributed by atoms with Crippen molar-refractivity contribution in [2.45, 2.75) is 19.3 Å². The lowest BCUT2D eigenvalue weighted by molar-refractivity contribution is 0.207. The van der Waals surface area contributed by atoms with Gasteiger partial charge in [0.25, 0.3) is 0 Å². The van der Waals surface area contributed by atoms with Crippen molar-refractivity contribution in [3.05, 3.63) is 0 Å². The number of likely N-dealkylation sites (tertiary alicyclic amines) is 1. The lowest BCUT2D eigenvalue weighted by Gasteiger charge is -2.29. The topological polar surface area (TPSA) is 15.3 Å². The first-order valence-electron chi connectivity index (χ1n) is 5.15. The second-order valence-electron chi connectivity index (χ2n) is 3.93. The van der Waals surface area contributed by atoms with E-state index >= 15 is 0 Å². The Balaban J connectivity index is 2.04. The zero-order valence-corrected chi connectivity index (χ0v) is 8.55. The summed E-state index contributed by atoms with van der Waals surface area (Å²) in [6.45, 7) is 4.60. The van der Waals surface area contributed by atoms with Gasteiger partial charge in [-0.15, -0.1) is 12.3 Å². The van der Waals surface area contributed by atoms with Gasteiger partial charge in [-0.25, -0.2) is 0 Å². The zero-order valence-electron chi connectivity index (χ0n) is 8.55. The summed E-state index contributed by atoms with van der Waals surface area (Å²) >= 11 is 0. The third-order valence-electron chi connectivity index (χ3n) is 2.60. The van der Waals surface area contributed by atoms with Gasteiger partial charge < -0.3 is 10.2 Å². The van der Waals surface area contributed by atoms with E-state index in [4.69, 9.17) is 6.42 Å². The monoisotopic (exact) mass is 180 g/mol. The summed E-state index contributed by atoms with van der Waals surface area (Å²) in [7, 11) is 2.20. The molecule has 2 heteroatoms. The van der Waals surface area contributed by atoms with Gasteiger partial charge in [-0.05, 0) is 38.9 Å². The summed E-state index contributed by atoms with van der Waals surface area (Å²) in [4.78, 5) is 2.41. The maximum atomic E-state index is 5.17. The van der Waals surface area contributed by atoms with Gasteiger partial charge in [-0.3, -0.25) is 0 Å². The van der Waals surface area contributed by atoms with E-state index in [1.54, 1.807) is 0 Å². The van der Waals surface area contributed by atoms with Crippen molar-refractivity contribution < 1.29 is 0 Å². The first kappa shape index (κ1) is 10.6. The molecule has 0 spiro atoms. The van der Waals surface area contributed by atoms with Crippen LogP contribution in [0, 0.1) is 18.3 Å². The highest BCUT2D eigenvalue weighted by atomic mass is 15.1. The third-order valence-corrected chi connectivity index (χ3v) is 2.60. The van der Waals surface area contributed by atoms with Crippen molar-refractivity contribution in [3.8, 4) is 12.3 Å². The van der Waals surface area contributed by atoms with Crippen LogP contribution >= 0.6 is 0 Å². The van der Waals surface area contributed by atoms with Crippen molar-refractivity contribution in [1.82, 2.24) is 10.2 Å². The minimum absolute atomic E-state index is 0.830. The molecule has 0 bridgehead atoms. The average Bonchev–Trinajstić information content (AvgIpc) is 2.13. The highest BCUT2D eigenvalue weighted by Gasteiger charge is 2.15. The van der Waals surface area contributed by atoms with Gasteiger partial charge in [0.1, 0.15) is 0 Å². The molecule has 13 heavy (non-hydrogen) atoms. The lowest BCUT2D eigenvalue weighted by Crippen LogP contribution is -2.37. The van der Waals surface area contributed by atoms with Crippen LogP contribution in [0.25, 0.3) is 0 Å². The van der Waals surface area contributed by atoms with Crippen LogP contribution < -0.4 is 5.32 Å². The highest BCUT2D eigenvalue weighted by Crippen LogP contribution is 2.13. The Morgan fingerprint density at radius 1 is 1.62 bits per heavy atom. The van der Waals surface area contributed by atoms with Gasteiger partial charge in [0.15, 0.2) is 0 Å². The number of hydrogen-bond acceptors (Lipinski definition) is 2. The average molecular weight is 180 g/mol. The van der Waals surface area contributed by atoms with Crippen molar-refractivity contribution in [2.75, 3.05) is 33.2 Å². The molecule has 74 valence electrons. The first-order valence-corrected chi connectivity index (χ1v) is 5.15. The van der Waals surface area contributed by atoms with Crippen LogP contribution in [0.1, 0.15) is 19.3 Å². The van der Waals surface area contributed by atoms with Gasteiger partial charge in [-0.1, -0.05) is 0 Å². The minimum Gasteiger partial charge on any atom is -0.315 e. The minimum atomic E-state index is 0.830. The van der Waals surface area contributed by atoms with Crippen molar-refractivity contribution in [1.29, 1.82) is 0 Å². The van der Waals surface area contributed by atoms with E-state index in [1.165, 1.54) is 25.9 Å². The number of nitrogens with one attached hydrogen (secondary N) is 1. The molecule has 1 rings (SSSR count). The number of rotatable bonds is 4. The molecule has 1 unspecified atom stereocenters. The summed E-state index contributed by atoms with van der Waals surface area (Å²) in [5.74, 6) is 3.47. The van der Waals surface area contributed by atoms with Crippen LogP contribution in [-0.2, 0) is 0 Å². The molecule has 1 aliphatic rings. The predicted octanol–water partition coefficient (Wildman–Crippen LogP) is 0.941. The molecule has 0 aromatic heterocycles. The standard InChI is InChI=1S/C11H20N2/c1-3-4-7-12-9-11-6-5-8-13(2)10-11/h1,11-12H,4-10H2,2H3. The van der Waals surface area contributed by atoms with E-state index < -0.39 is 0 Å². The van der Waals surface area contributed by atoms with E-state index in [0.717, 1.165) is 25.4 Å². The molecule has 0 radical (unpaired) electrons. The first-order chi connectivity index (χ1) is 6.33. The van der Waals surface area contributed by atoms with Crippen LogP contribution in [0.4, 0.5) is 0 Å². The number of nitrogens with zero attached hydrogens (tertiary/aromatic N) is 1. The number of hydrogen-bond donors (Lipinski definition) is 1. The Labute approximate surface area is 81.7 Å². The quantitative estimate of drug-likeness (QED) is 0.512. The molecule has 1 saturated heterocycles. The molecular weight excluding hydrogens is 160 g/mol. The molecule has 1 heterocycles. The molecule has 1 aliphatic heterocycles. The van der Waals surface area contributed by atoms with Crippen molar-refractivity contribution >= 4 is 0 Å². The second kappa shape index (κ2) is 6.01. The summed E-state index contributed by atoms with van der Waals surface area (Å²) in [6, 6.07) is 0. The smallest absolute Gasteiger partial charge is 0.0211 e. The highest BCUT2D eigenvalue weighted by molar-refractivity contribution is 4.84. The van der Waals surface area contributed by atoms with Crippen LogP contribution in [0.2, 0.25) is 0 Å². The molecule has 2 nitrogen and oxygen atoms in total. The van der Waals surface area contributed by atoms with Crippen LogP contribution in [0.5, 0.6) is 0 Å². The summed E-state index contributed by atoms with van der Waals surface area (Å²) in [5.41, 5.74) is 0. The van der Waals surface area contributed by atoms with Crippen LogP contribution in [0.15, 0.2) is 0 Å². The van der Waals surface area contributed by atoms with E-state index in [2.05, 4.69) is 23.2 Å². The normalized spacial score (nSPS) is 24.2. The Morgan fingerprint density at radius 2 is 2.46 bits per heavy atom. The third kappa shape index (κ3) is 4.31. The molecule has 0 saturated carbocycles. The van der Waals surface area contributed by atoms with Gasteiger partial charge in [0.05, 0.1) is 0 Å². The van der Waals surface area contributed by atoms with E-state index in [-0.39, 0.29) is 0 Å². The molecule has 0 amide bonds. The van der Waals surface area contributed by atoms with E-state index in [0.29, 0.717) is 0 Å². The van der Waals surface area contributed by atoms with Crippen LogP contribution in [0.3, 0.4) is 0 Å². The van der Waals surface area contributed by atoms with Gasteiger partial charge in [-0.2, -0.15) is 0 Å². The predicted molar refractivity (Wildman–Crippen MR) is 56.5 cm³/mol. The molecular formula is C11H20N2. The Kier molecular flexibility index (Phi) is 4.88. The van der Waals surface area contributed by atoms with E-state index in [1.807, 2.05) is 0 Å². The summed E-state index contributed by atoms with van der Waals surface area (Å²) in [5, 5.41) is 3.41. The van der Waals surface area contributed by atoms with Gasteiger partial charge in [0, 0.05) is 19.5 Å². The second-order valence-corrected chi connectivity index (χ2v) is 3.93. The largest absolute Gasteiger partial charge is 0.315 e. The molecule has 0 aliphatic carbocycles. The Bertz CT molecular complexity index is 171. The Morgan fingerprint density at radius 3 is 3.15 bits per heavy atom. The number of terminal acetylenes is 1. The maximum absolute atomic E-state index is 5.17. The van der Waals surface area contributed by atoms with E-state index in [9.17, 15) is 0 Å². The number of piperidine rings is 1. The van der Waals surface area contributed by atoms with Crippen molar-refractivity contribution in [2.24, 2.45) is 5.92 Å². The van der Waals surface area contributed by atoms with Gasteiger partial charge >= 0.3 is 0 Å². The molecule has 0 aromatic rings. The summed E-state index contributed by atoms with van der Waals surface area (Å²) < 4.78 is 0.